The van der Waals surface area contributed by atoms with Crippen molar-refractivity contribution in [2.24, 2.45) is 0 Å². The second kappa shape index (κ2) is 7.57. The minimum atomic E-state index is -0.540. The van der Waals surface area contributed by atoms with Gasteiger partial charge in [-0.2, -0.15) is 0 Å². The van der Waals surface area contributed by atoms with Gasteiger partial charge in [0.2, 0.25) is 0 Å². The summed E-state index contributed by atoms with van der Waals surface area (Å²) in [5.41, 5.74) is 2.24. The number of nitrogens with zero attached hydrogens (tertiary/aromatic N) is 3. The highest BCUT2D eigenvalue weighted by Gasteiger charge is 2.30. The summed E-state index contributed by atoms with van der Waals surface area (Å²) in [6, 6.07) is 6.10. The second-order valence-corrected chi connectivity index (χ2v) is 7.39. The molecule has 1 unspecified atom stereocenters. The van der Waals surface area contributed by atoms with Gasteiger partial charge < -0.3 is 14.4 Å². The van der Waals surface area contributed by atoms with Crippen LogP contribution in [0.4, 0.5) is 0 Å². The van der Waals surface area contributed by atoms with Crippen LogP contribution in [0.3, 0.4) is 0 Å². The van der Waals surface area contributed by atoms with Crippen LogP contribution in [0.15, 0.2) is 23.4 Å². The Bertz CT molecular complexity index is 698. The number of rotatable bonds is 8. The molecule has 0 aliphatic heterocycles. The van der Waals surface area contributed by atoms with Gasteiger partial charge in [0.05, 0.1) is 6.10 Å². The smallest absolute Gasteiger partial charge is 0.191 e. The van der Waals surface area contributed by atoms with E-state index in [0.717, 1.165) is 34.4 Å². The molecule has 1 fully saturated rings. The largest absolute Gasteiger partial charge is 0.491 e. The Kier molecular flexibility index (Phi) is 5.46. The zero-order valence-electron chi connectivity index (χ0n) is 14.5. The molecule has 1 aliphatic rings. The zero-order valence-corrected chi connectivity index (χ0v) is 15.3. The van der Waals surface area contributed by atoms with Crippen molar-refractivity contribution < 1.29 is 9.84 Å². The number of hydrogen-bond acceptors (Lipinski definition) is 5. The van der Waals surface area contributed by atoms with E-state index in [9.17, 15) is 5.11 Å². The van der Waals surface area contributed by atoms with E-state index in [2.05, 4.69) is 27.8 Å². The topological polar surface area (TPSA) is 60.2 Å². The summed E-state index contributed by atoms with van der Waals surface area (Å²) in [6.07, 6.45) is 1.89. The first-order chi connectivity index (χ1) is 11.6. The molecule has 1 saturated carbocycles. The molecule has 5 nitrogen and oxygen atoms in total. The van der Waals surface area contributed by atoms with Gasteiger partial charge in [0.25, 0.3) is 0 Å². The van der Waals surface area contributed by atoms with Gasteiger partial charge in [0.1, 0.15) is 18.2 Å². The molecule has 1 aromatic heterocycles. The van der Waals surface area contributed by atoms with Gasteiger partial charge in [-0.1, -0.05) is 23.9 Å². The lowest BCUT2D eigenvalue weighted by Crippen LogP contribution is -2.20. The lowest BCUT2D eigenvalue weighted by Gasteiger charge is -2.14. The van der Waals surface area contributed by atoms with E-state index in [1.165, 1.54) is 12.8 Å². The Balaban J connectivity index is 1.52. The number of aromatic nitrogens is 3. The number of benzene rings is 1. The number of ether oxygens (including phenoxy) is 1. The molecular weight excluding hydrogens is 322 g/mol. The van der Waals surface area contributed by atoms with Crippen molar-refractivity contribution >= 4 is 11.8 Å². The van der Waals surface area contributed by atoms with Crippen molar-refractivity contribution in [3.05, 3.63) is 35.2 Å². The maximum absolute atomic E-state index is 10.2. The normalized spacial score (nSPS) is 15.5. The van der Waals surface area contributed by atoms with Crippen molar-refractivity contribution in [3.63, 3.8) is 0 Å². The minimum absolute atomic E-state index is 0.285. The van der Waals surface area contributed by atoms with Crippen molar-refractivity contribution in [2.45, 2.75) is 57.3 Å². The summed E-state index contributed by atoms with van der Waals surface area (Å²) in [7, 11) is 0. The molecule has 1 aliphatic carbocycles. The van der Waals surface area contributed by atoms with Crippen LogP contribution in [-0.4, -0.2) is 38.3 Å². The van der Waals surface area contributed by atoms with E-state index in [0.29, 0.717) is 11.7 Å². The molecule has 3 rings (SSSR count). The predicted molar refractivity (Wildman–Crippen MR) is 95.8 cm³/mol. The Morgan fingerprint density at radius 2 is 2.12 bits per heavy atom. The highest BCUT2D eigenvalue weighted by molar-refractivity contribution is 7.99. The molecule has 24 heavy (non-hydrogen) atoms. The molecular formula is C18H25N3O2S. The Labute approximate surface area is 147 Å². The van der Waals surface area contributed by atoms with Crippen LogP contribution in [0, 0.1) is 13.8 Å². The molecule has 0 saturated heterocycles. The Hall–Kier alpha value is -1.53. The molecule has 0 amide bonds. The lowest BCUT2D eigenvalue weighted by atomic mass is 10.1. The molecule has 1 atom stereocenters. The summed E-state index contributed by atoms with van der Waals surface area (Å²) in [5, 5.41) is 19.7. The fourth-order valence-corrected chi connectivity index (χ4v) is 3.53. The average Bonchev–Trinajstić information content (AvgIpc) is 3.33. The predicted octanol–water partition coefficient (Wildman–Crippen LogP) is 3.32. The van der Waals surface area contributed by atoms with Crippen molar-refractivity contribution in [2.75, 3.05) is 12.4 Å². The second-order valence-electron chi connectivity index (χ2n) is 6.40. The van der Waals surface area contributed by atoms with E-state index in [-0.39, 0.29) is 6.61 Å². The van der Waals surface area contributed by atoms with E-state index < -0.39 is 6.10 Å². The Morgan fingerprint density at radius 1 is 1.33 bits per heavy atom. The molecule has 6 heteroatoms. The molecule has 0 radical (unpaired) electrons. The molecule has 1 heterocycles. The standard InChI is InChI=1S/C18H25N3O2S/c1-4-21-17(14-7-8-14)19-20-18(21)24-11-15(22)10-23-16-9-12(2)5-6-13(16)3/h5-6,9,14-15,22H,4,7-8,10-11H2,1-3H3. The number of aliphatic hydroxyl groups excluding tert-OH is 1. The zero-order chi connectivity index (χ0) is 17.1. The molecule has 1 aromatic carbocycles. The van der Waals surface area contributed by atoms with Gasteiger partial charge in [0, 0.05) is 18.2 Å². The van der Waals surface area contributed by atoms with Crippen LogP contribution < -0.4 is 4.74 Å². The summed E-state index contributed by atoms with van der Waals surface area (Å²) < 4.78 is 7.94. The maximum atomic E-state index is 10.2. The third-order valence-corrected chi connectivity index (χ3v) is 5.30. The first kappa shape index (κ1) is 17.3. The number of aliphatic hydroxyl groups is 1. The van der Waals surface area contributed by atoms with E-state index >= 15 is 0 Å². The fraction of sp³-hybridized carbons (Fsp3) is 0.556. The van der Waals surface area contributed by atoms with E-state index in [1.807, 2.05) is 26.0 Å². The van der Waals surface area contributed by atoms with Crippen LogP contribution in [-0.2, 0) is 6.54 Å². The van der Waals surface area contributed by atoms with Crippen LogP contribution in [0.5, 0.6) is 5.75 Å². The highest BCUT2D eigenvalue weighted by Crippen LogP contribution is 2.40. The first-order valence-corrected chi connectivity index (χ1v) is 9.51. The average molecular weight is 347 g/mol. The van der Waals surface area contributed by atoms with Gasteiger partial charge in [-0.3, -0.25) is 0 Å². The molecule has 1 N–H and O–H groups in total. The van der Waals surface area contributed by atoms with Gasteiger partial charge in [-0.15, -0.1) is 10.2 Å². The lowest BCUT2D eigenvalue weighted by molar-refractivity contribution is 0.126. The van der Waals surface area contributed by atoms with Crippen molar-refractivity contribution in [1.82, 2.24) is 14.8 Å². The fourth-order valence-electron chi connectivity index (χ4n) is 2.62. The summed E-state index contributed by atoms with van der Waals surface area (Å²) in [4.78, 5) is 0. The highest BCUT2D eigenvalue weighted by atomic mass is 32.2. The van der Waals surface area contributed by atoms with Gasteiger partial charge in [-0.05, 0) is 50.8 Å². The molecule has 130 valence electrons. The number of hydrogen-bond donors (Lipinski definition) is 1. The summed E-state index contributed by atoms with van der Waals surface area (Å²) >= 11 is 1.55. The van der Waals surface area contributed by atoms with Gasteiger partial charge in [-0.25, -0.2) is 0 Å². The molecule has 0 bridgehead atoms. The van der Waals surface area contributed by atoms with Crippen molar-refractivity contribution in [1.29, 1.82) is 0 Å². The molecule has 2 aromatic rings. The third kappa shape index (κ3) is 4.11. The monoisotopic (exact) mass is 347 g/mol. The van der Waals surface area contributed by atoms with E-state index in [4.69, 9.17) is 4.74 Å². The quantitative estimate of drug-likeness (QED) is 0.742. The van der Waals surface area contributed by atoms with Crippen LogP contribution in [0.2, 0.25) is 0 Å². The Morgan fingerprint density at radius 3 is 2.83 bits per heavy atom. The third-order valence-electron chi connectivity index (χ3n) is 4.18. The SMILES string of the molecule is CCn1c(SCC(O)COc2cc(C)ccc2C)nnc1C1CC1. The van der Waals surface area contributed by atoms with Crippen LogP contribution >= 0.6 is 11.8 Å². The molecule has 0 spiro atoms. The van der Waals surface area contributed by atoms with E-state index in [1.54, 1.807) is 11.8 Å². The van der Waals surface area contributed by atoms with Crippen molar-refractivity contribution in [3.8, 4) is 5.75 Å². The van der Waals surface area contributed by atoms with Gasteiger partial charge >= 0.3 is 0 Å². The van der Waals surface area contributed by atoms with Crippen LogP contribution in [0.1, 0.15) is 42.6 Å². The number of thioether (sulfide) groups is 1. The van der Waals surface area contributed by atoms with Crippen LogP contribution in [0.25, 0.3) is 0 Å². The number of aryl methyl sites for hydroxylation is 2. The maximum Gasteiger partial charge on any atom is 0.191 e. The summed E-state index contributed by atoms with van der Waals surface area (Å²) in [6.45, 7) is 7.31. The minimum Gasteiger partial charge on any atom is -0.491 e. The first-order valence-electron chi connectivity index (χ1n) is 8.52. The summed E-state index contributed by atoms with van der Waals surface area (Å²) in [5.74, 6) is 3.07. The van der Waals surface area contributed by atoms with Gasteiger partial charge in [0.15, 0.2) is 5.16 Å².